The zero-order valence-electron chi connectivity index (χ0n) is 40.0. The summed E-state index contributed by atoms with van der Waals surface area (Å²) < 4.78 is 3.12. The number of nitrogens with two attached hydrogens (primary N) is 1. The number of carboxylic acids is 2. The highest BCUT2D eigenvalue weighted by atomic mass is 79.9. The van der Waals surface area contributed by atoms with E-state index in [0.717, 1.165) is 28.9 Å². The number of aliphatic carboxylic acids is 2. The van der Waals surface area contributed by atoms with Crippen molar-refractivity contribution in [1.29, 1.82) is 0 Å². The van der Waals surface area contributed by atoms with Gasteiger partial charge in [0.1, 0.15) is 14.2 Å². The molecule has 2 aliphatic heterocycles. The van der Waals surface area contributed by atoms with Gasteiger partial charge in [0.15, 0.2) is 0 Å². The van der Waals surface area contributed by atoms with Crippen LogP contribution in [0.4, 0.5) is 17.1 Å². The predicted molar refractivity (Wildman–Crippen MR) is 261 cm³/mol. The average Bonchev–Trinajstić information content (AvgIpc) is 3.19. The number of hydrogen-bond acceptors (Lipinski definition) is 7. The molecule has 2 aliphatic rings. The lowest BCUT2D eigenvalue weighted by molar-refractivity contribution is -0.145. The number of nitrogens with one attached hydrogen (secondary N) is 1. The smallest absolute Gasteiger partial charge is 0.329 e. The van der Waals surface area contributed by atoms with Crippen molar-refractivity contribution < 1.29 is 38.9 Å². The van der Waals surface area contributed by atoms with E-state index in [9.17, 15) is 29.1 Å². The molecule has 0 fully saturated rings. The highest BCUT2D eigenvalue weighted by Crippen LogP contribution is 2.41. The lowest BCUT2D eigenvalue weighted by atomic mass is 9.78. The van der Waals surface area contributed by atoms with Crippen molar-refractivity contribution in [3.05, 3.63) is 89.5 Å². The Kier molecular flexibility index (Phi) is 27.7. The molecule has 0 bridgehead atoms. The number of rotatable bonds is 4. The van der Waals surface area contributed by atoms with Gasteiger partial charge >= 0.3 is 17.9 Å². The van der Waals surface area contributed by atoms with Gasteiger partial charge in [0.25, 0.3) is 0 Å². The molecule has 2 amide bonds. The van der Waals surface area contributed by atoms with Gasteiger partial charge in [0.05, 0.1) is 7.11 Å². The molecular weight excluding hydrogens is 906 g/mol. The first-order valence-electron chi connectivity index (χ1n) is 20.6. The topological polar surface area (TPSA) is 176 Å². The van der Waals surface area contributed by atoms with Gasteiger partial charge in [-0.15, -0.1) is 0 Å². The number of carbonyl (C=O) groups excluding carboxylic acids is 3. The molecule has 3 aromatic rings. The molecule has 5 N–H and O–H groups in total. The van der Waals surface area contributed by atoms with Crippen molar-refractivity contribution in [2.75, 3.05) is 23.1 Å². The van der Waals surface area contributed by atoms with Crippen LogP contribution in [0.5, 0.6) is 0 Å². The molecule has 5 rings (SSSR count). The van der Waals surface area contributed by atoms with E-state index in [1.54, 1.807) is 41.5 Å². The molecule has 3 aromatic carbocycles. The molecule has 0 atom stereocenters. The van der Waals surface area contributed by atoms with Crippen molar-refractivity contribution in [3.8, 4) is 0 Å². The lowest BCUT2D eigenvalue weighted by Gasteiger charge is -2.44. The molecule has 0 saturated carbocycles. The largest absolute Gasteiger partial charge is 0.480 e. The summed E-state index contributed by atoms with van der Waals surface area (Å²) in [6.45, 7) is 31.4. The van der Waals surface area contributed by atoms with E-state index in [2.05, 4.69) is 48.0 Å². The molecule has 13 heteroatoms. The van der Waals surface area contributed by atoms with Crippen LogP contribution >= 0.6 is 31.9 Å². The summed E-state index contributed by atoms with van der Waals surface area (Å²) in [7, 11) is 1.37. The lowest BCUT2D eigenvalue weighted by Crippen LogP contribution is -2.59. The number of hydrogen-bond donors (Lipinski definition) is 4. The van der Waals surface area contributed by atoms with Crippen LogP contribution in [0, 0.1) is 17.8 Å². The maximum absolute atomic E-state index is 12.6. The van der Waals surface area contributed by atoms with Gasteiger partial charge in [0.2, 0.25) is 11.8 Å². The minimum atomic E-state index is -1.26. The fraction of sp³-hybridized carbons (Fsp3) is 0.521. The highest BCUT2D eigenvalue weighted by Gasteiger charge is 2.48. The molecule has 0 unspecified atom stereocenters. The molecule has 0 radical (unpaired) electrons. The number of amides is 2. The summed E-state index contributed by atoms with van der Waals surface area (Å²) in [5, 5.41) is 20.5. The molecule has 11 nitrogen and oxygen atoms in total. The predicted octanol–water partition coefficient (Wildman–Crippen LogP) is 11.9. The summed E-state index contributed by atoms with van der Waals surface area (Å²) in [5.74, 6) is -2.12. The number of ether oxygens (including phenoxy) is 1. The Hall–Kier alpha value is -4.23. The number of alkyl halides is 2. The standard InChI is InChI=1S/C15H19NO3.C11H13NO.C7H9N.C5H9BrO2.C4H7BrO2.3C2H6/c1-14(2)9-10-7-5-6-8-11(10)16(12(14)17)15(3,4)13(18)19;1-11(2)7-8-5-3-4-6-9(8)12-10(11)13;1-6-4-2-3-5-7(6)8;1-5(2,6)4(7)8-3;1-4(2,5)3(6)7;3*1-2/h5-8H,9H2,1-4H3,(H,18,19);3-6H,7H2,1-2H3,(H,12,13);2-5H,8H2,1H3;1-3H3;1-2H3,(H,6,7);3*1-2H3. The van der Waals surface area contributed by atoms with Crippen molar-refractivity contribution >= 4 is 78.6 Å². The van der Waals surface area contributed by atoms with Crippen LogP contribution in [0.3, 0.4) is 0 Å². The third-order valence-electron chi connectivity index (χ3n) is 8.61. The number of carbonyl (C=O) groups is 5. The zero-order chi connectivity index (χ0) is 48.7. The summed E-state index contributed by atoms with van der Waals surface area (Å²) in [6, 6.07) is 23.3. The fourth-order valence-corrected chi connectivity index (χ4v) is 5.13. The van der Waals surface area contributed by atoms with Gasteiger partial charge in [-0.25, -0.2) is 4.79 Å². The third kappa shape index (κ3) is 20.5. The van der Waals surface area contributed by atoms with Gasteiger partial charge < -0.3 is 26.0 Å². The fourth-order valence-electron chi connectivity index (χ4n) is 4.97. The molecule has 0 saturated heterocycles. The number of methoxy groups -OCH3 is 1. The molecule has 0 aromatic heterocycles. The molecule has 0 spiro atoms. The van der Waals surface area contributed by atoms with E-state index in [1.165, 1.54) is 17.6 Å². The Morgan fingerprint density at radius 1 is 0.689 bits per heavy atom. The van der Waals surface area contributed by atoms with Crippen LogP contribution in [0.2, 0.25) is 0 Å². The summed E-state index contributed by atoms with van der Waals surface area (Å²) in [6.07, 6.45) is 1.46. The monoisotopic (exact) mass is 979 g/mol. The average molecular weight is 982 g/mol. The SMILES string of the molecule is CC.CC.CC.CC(C)(Br)C(=O)O.CC1(C)Cc2ccccc2N(C(C)(C)C(=O)O)C1=O.CC1(C)Cc2ccccc2NC1=O.COC(=O)C(C)(C)Br.Cc1ccccc1N. The van der Waals surface area contributed by atoms with Crippen molar-refractivity contribution in [1.82, 2.24) is 0 Å². The van der Waals surface area contributed by atoms with E-state index >= 15 is 0 Å². The van der Waals surface area contributed by atoms with E-state index in [-0.39, 0.29) is 23.2 Å². The van der Waals surface area contributed by atoms with Gasteiger partial charge in [-0.3, -0.25) is 24.1 Å². The zero-order valence-corrected chi connectivity index (χ0v) is 43.1. The number of fused-ring (bicyclic) bond motifs is 2. The maximum atomic E-state index is 12.6. The minimum Gasteiger partial charge on any atom is -0.480 e. The van der Waals surface area contributed by atoms with Crippen LogP contribution in [0.1, 0.15) is 127 Å². The van der Waals surface area contributed by atoms with Crippen molar-refractivity contribution in [3.63, 3.8) is 0 Å². The number of anilines is 3. The second kappa shape index (κ2) is 27.7. The van der Waals surface area contributed by atoms with Gasteiger partial charge in [-0.05, 0) is 96.2 Å². The van der Waals surface area contributed by atoms with Gasteiger partial charge in [-0.2, -0.15) is 0 Å². The summed E-state index contributed by atoms with van der Waals surface area (Å²) in [5.41, 5.74) is 9.34. The number of esters is 1. The van der Waals surface area contributed by atoms with Crippen molar-refractivity contribution in [2.24, 2.45) is 10.8 Å². The highest BCUT2D eigenvalue weighted by molar-refractivity contribution is 9.10. The summed E-state index contributed by atoms with van der Waals surface area (Å²) >= 11 is 6.07. The molecule has 0 aliphatic carbocycles. The van der Waals surface area contributed by atoms with E-state index < -0.39 is 31.5 Å². The van der Waals surface area contributed by atoms with Crippen LogP contribution in [0.25, 0.3) is 0 Å². The Balaban J connectivity index is -0.000000703. The second-order valence-corrected chi connectivity index (χ2v) is 19.9. The number of nitrogens with zero attached hydrogens (tertiary/aromatic N) is 1. The third-order valence-corrected chi connectivity index (χ3v) is 9.27. The second-order valence-electron chi connectivity index (χ2n) is 16.0. The molecule has 61 heavy (non-hydrogen) atoms. The van der Waals surface area contributed by atoms with Gasteiger partial charge in [-0.1, -0.05) is 156 Å². The quantitative estimate of drug-likeness (QED) is 0.113. The Labute approximate surface area is 383 Å². The number of halogens is 2. The van der Waals surface area contributed by atoms with E-state index in [0.29, 0.717) is 12.1 Å². The van der Waals surface area contributed by atoms with Crippen LogP contribution in [0.15, 0.2) is 72.8 Å². The number of benzene rings is 3. The van der Waals surface area contributed by atoms with Crippen molar-refractivity contribution in [2.45, 2.75) is 145 Å². The van der Waals surface area contributed by atoms with Gasteiger partial charge in [0, 0.05) is 27.9 Å². The molecule has 344 valence electrons. The number of carboxylic acid groups (broad SMARTS) is 2. The van der Waals surface area contributed by atoms with E-state index in [1.807, 2.05) is 143 Å². The number of aryl methyl sites for hydroxylation is 1. The van der Waals surface area contributed by atoms with E-state index in [4.69, 9.17) is 10.8 Å². The first-order chi connectivity index (χ1) is 28.0. The Morgan fingerprint density at radius 3 is 1.48 bits per heavy atom. The summed E-state index contributed by atoms with van der Waals surface area (Å²) in [4.78, 5) is 57.6. The first kappa shape index (κ1) is 61.1. The Morgan fingerprint density at radius 2 is 1.10 bits per heavy atom. The number of para-hydroxylation sites is 3. The molecule has 2 heterocycles. The Bertz CT molecular complexity index is 1810. The van der Waals surface area contributed by atoms with Crippen LogP contribution < -0.4 is 16.0 Å². The maximum Gasteiger partial charge on any atom is 0.329 e. The minimum absolute atomic E-state index is 0.117. The first-order valence-corrected chi connectivity index (χ1v) is 22.1. The van der Waals surface area contributed by atoms with Crippen LogP contribution in [-0.4, -0.2) is 61.2 Å². The van der Waals surface area contributed by atoms with Crippen LogP contribution in [-0.2, 0) is 41.6 Å². The number of nitrogen functional groups attached to an aromatic ring is 1. The molecular formula is C48H75Br2N3O8. The normalized spacial score (nSPS) is 13.9.